The highest BCUT2D eigenvalue weighted by molar-refractivity contribution is 5.67. The van der Waals surface area contributed by atoms with Crippen molar-refractivity contribution >= 4 is 0 Å². The molecule has 0 aliphatic heterocycles. The summed E-state index contributed by atoms with van der Waals surface area (Å²) in [7, 11) is 3.56. The van der Waals surface area contributed by atoms with Gasteiger partial charge in [0.05, 0.1) is 25.1 Å². The summed E-state index contributed by atoms with van der Waals surface area (Å²) in [6.45, 7) is 4.02. The highest BCUT2D eigenvalue weighted by atomic mass is 16.5. The Morgan fingerprint density at radius 2 is 1.94 bits per heavy atom. The molecule has 0 atom stereocenters. The number of methoxy groups -OCH3 is 1. The molecule has 0 spiro atoms. The number of ether oxygens (including phenoxy) is 1. The van der Waals surface area contributed by atoms with Crippen LogP contribution < -0.4 is 4.74 Å². The van der Waals surface area contributed by atoms with Crippen LogP contribution in [-0.2, 0) is 13.7 Å². The number of aryl methyl sites for hydroxylation is 3. The lowest BCUT2D eigenvalue weighted by molar-refractivity contribution is 0.275. The molecule has 0 unspecified atom stereocenters. The van der Waals surface area contributed by atoms with Crippen molar-refractivity contribution < 1.29 is 9.84 Å². The second-order valence-corrected chi connectivity index (χ2v) is 4.44. The molecule has 2 aromatic rings. The van der Waals surface area contributed by atoms with Gasteiger partial charge in [-0.3, -0.25) is 4.68 Å². The van der Waals surface area contributed by atoms with Crippen LogP contribution >= 0.6 is 0 Å². The van der Waals surface area contributed by atoms with E-state index in [1.165, 1.54) is 0 Å². The van der Waals surface area contributed by atoms with E-state index >= 15 is 0 Å². The smallest absolute Gasteiger partial charge is 0.122 e. The quantitative estimate of drug-likeness (QED) is 0.903. The predicted octanol–water partition coefficient (Wildman–Crippen LogP) is 2.20. The molecule has 4 heteroatoms. The lowest BCUT2D eigenvalue weighted by atomic mass is 10.0. The van der Waals surface area contributed by atoms with Crippen LogP contribution in [0.5, 0.6) is 5.75 Å². The van der Waals surface area contributed by atoms with Crippen molar-refractivity contribution in [1.82, 2.24) is 9.78 Å². The van der Waals surface area contributed by atoms with E-state index < -0.39 is 0 Å². The van der Waals surface area contributed by atoms with Gasteiger partial charge in [0.2, 0.25) is 0 Å². The van der Waals surface area contributed by atoms with Crippen LogP contribution in [0.25, 0.3) is 11.3 Å². The Morgan fingerprint density at radius 3 is 2.50 bits per heavy atom. The van der Waals surface area contributed by atoms with Crippen LogP contribution in [0.4, 0.5) is 0 Å². The van der Waals surface area contributed by atoms with Gasteiger partial charge in [-0.05, 0) is 43.2 Å². The maximum atomic E-state index is 9.13. The van der Waals surface area contributed by atoms with Crippen LogP contribution in [0.2, 0.25) is 0 Å². The van der Waals surface area contributed by atoms with Crippen molar-refractivity contribution in [3.05, 3.63) is 35.0 Å². The first kappa shape index (κ1) is 12.6. The lowest BCUT2D eigenvalue weighted by Crippen LogP contribution is -1.97. The molecular formula is C14H18N2O2. The monoisotopic (exact) mass is 246 g/mol. The van der Waals surface area contributed by atoms with E-state index in [1.807, 2.05) is 33.0 Å². The summed E-state index contributed by atoms with van der Waals surface area (Å²) in [5.74, 6) is 0.890. The van der Waals surface area contributed by atoms with Crippen LogP contribution in [0.3, 0.4) is 0 Å². The van der Waals surface area contributed by atoms with E-state index in [2.05, 4.69) is 11.2 Å². The van der Waals surface area contributed by atoms with E-state index in [0.717, 1.165) is 28.1 Å². The average Bonchev–Trinajstić information content (AvgIpc) is 2.73. The highest BCUT2D eigenvalue weighted by Gasteiger charge is 2.11. The molecule has 1 aromatic heterocycles. The highest BCUT2D eigenvalue weighted by Crippen LogP contribution is 2.30. The predicted molar refractivity (Wildman–Crippen MR) is 70.6 cm³/mol. The second kappa shape index (κ2) is 4.82. The topological polar surface area (TPSA) is 47.3 Å². The van der Waals surface area contributed by atoms with Crippen molar-refractivity contribution in [3.63, 3.8) is 0 Å². The molecule has 18 heavy (non-hydrogen) atoms. The summed E-state index contributed by atoms with van der Waals surface area (Å²) in [4.78, 5) is 0. The summed E-state index contributed by atoms with van der Waals surface area (Å²) in [5.41, 5.74) is 5.01. The molecule has 0 saturated carbocycles. The number of aliphatic hydroxyl groups excluding tert-OH is 1. The molecule has 0 aliphatic rings. The van der Waals surface area contributed by atoms with Gasteiger partial charge in [-0.1, -0.05) is 0 Å². The number of aliphatic hydroxyl groups is 1. The Kier molecular flexibility index (Phi) is 3.39. The number of nitrogens with zero attached hydrogens (tertiary/aromatic N) is 2. The number of hydrogen-bond acceptors (Lipinski definition) is 3. The van der Waals surface area contributed by atoms with Gasteiger partial charge in [0.15, 0.2) is 0 Å². The summed E-state index contributed by atoms with van der Waals surface area (Å²) < 4.78 is 7.10. The third-order valence-corrected chi connectivity index (χ3v) is 3.11. The van der Waals surface area contributed by atoms with Crippen LogP contribution in [0.1, 0.15) is 16.8 Å². The molecular weight excluding hydrogens is 228 g/mol. The maximum Gasteiger partial charge on any atom is 0.122 e. The minimum atomic E-state index is -0.0397. The molecule has 1 N–H and O–H groups in total. The molecule has 1 heterocycles. The number of aromatic nitrogens is 2. The molecule has 2 rings (SSSR count). The molecule has 0 bridgehead atoms. The SMILES string of the molecule is COc1cc(C)c(-c2cc(CO)nn2C)cc1C. The van der Waals surface area contributed by atoms with Gasteiger partial charge in [0, 0.05) is 12.6 Å². The zero-order valence-electron chi connectivity index (χ0n) is 11.2. The van der Waals surface area contributed by atoms with E-state index in [9.17, 15) is 0 Å². The molecule has 4 nitrogen and oxygen atoms in total. The molecule has 1 aromatic carbocycles. The Bertz CT molecular complexity index is 573. The largest absolute Gasteiger partial charge is 0.496 e. The minimum Gasteiger partial charge on any atom is -0.496 e. The zero-order valence-corrected chi connectivity index (χ0v) is 11.2. The first-order chi connectivity index (χ1) is 8.56. The van der Waals surface area contributed by atoms with Gasteiger partial charge in [0.25, 0.3) is 0 Å². The summed E-state index contributed by atoms with van der Waals surface area (Å²) in [5, 5.41) is 13.4. The van der Waals surface area contributed by atoms with Crippen molar-refractivity contribution in [2.24, 2.45) is 7.05 Å². The van der Waals surface area contributed by atoms with Gasteiger partial charge in [-0.2, -0.15) is 5.10 Å². The molecule has 0 fully saturated rings. The summed E-state index contributed by atoms with van der Waals surface area (Å²) in [6, 6.07) is 6.02. The first-order valence-electron chi connectivity index (χ1n) is 5.86. The van der Waals surface area contributed by atoms with Gasteiger partial charge < -0.3 is 9.84 Å². The van der Waals surface area contributed by atoms with Crippen molar-refractivity contribution in [2.45, 2.75) is 20.5 Å². The van der Waals surface area contributed by atoms with Crippen molar-refractivity contribution in [2.75, 3.05) is 7.11 Å². The maximum absolute atomic E-state index is 9.13. The number of hydrogen-bond donors (Lipinski definition) is 1. The first-order valence-corrected chi connectivity index (χ1v) is 5.86. The van der Waals surface area contributed by atoms with Crippen molar-refractivity contribution in [1.29, 1.82) is 0 Å². The van der Waals surface area contributed by atoms with Gasteiger partial charge in [-0.15, -0.1) is 0 Å². The summed E-state index contributed by atoms with van der Waals surface area (Å²) >= 11 is 0. The van der Waals surface area contributed by atoms with Gasteiger partial charge in [-0.25, -0.2) is 0 Å². The minimum absolute atomic E-state index is 0.0397. The zero-order chi connectivity index (χ0) is 13.3. The Labute approximate surface area is 107 Å². The number of rotatable bonds is 3. The molecule has 0 saturated heterocycles. The number of benzene rings is 1. The Balaban J connectivity index is 2.56. The van der Waals surface area contributed by atoms with Crippen molar-refractivity contribution in [3.8, 4) is 17.0 Å². The summed E-state index contributed by atoms with van der Waals surface area (Å²) in [6.07, 6.45) is 0. The molecule has 96 valence electrons. The van der Waals surface area contributed by atoms with E-state index in [-0.39, 0.29) is 6.61 Å². The van der Waals surface area contributed by atoms with Crippen LogP contribution in [0, 0.1) is 13.8 Å². The van der Waals surface area contributed by atoms with Gasteiger partial charge in [0.1, 0.15) is 5.75 Å². The molecule has 0 amide bonds. The molecule has 0 aliphatic carbocycles. The van der Waals surface area contributed by atoms with Crippen LogP contribution in [0.15, 0.2) is 18.2 Å². The fourth-order valence-corrected chi connectivity index (χ4v) is 2.14. The fraction of sp³-hybridized carbons (Fsp3) is 0.357. The average molecular weight is 246 g/mol. The van der Waals surface area contributed by atoms with E-state index in [1.54, 1.807) is 11.8 Å². The second-order valence-electron chi connectivity index (χ2n) is 4.44. The fourth-order valence-electron chi connectivity index (χ4n) is 2.14. The normalized spacial score (nSPS) is 10.7. The molecule has 0 radical (unpaired) electrons. The van der Waals surface area contributed by atoms with Crippen LogP contribution in [-0.4, -0.2) is 22.0 Å². The van der Waals surface area contributed by atoms with E-state index in [4.69, 9.17) is 9.84 Å². The third kappa shape index (κ3) is 2.11. The van der Waals surface area contributed by atoms with E-state index in [0.29, 0.717) is 5.69 Å². The standard InChI is InChI=1S/C14H18N2O2/c1-9-6-14(18-4)10(2)5-12(9)13-7-11(8-17)15-16(13)3/h5-7,17H,8H2,1-4H3. The Morgan fingerprint density at radius 1 is 1.22 bits per heavy atom. The third-order valence-electron chi connectivity index (χ3n) is 3.11. The van der Waals surface area contributed by atoms with Gasteiger partial charge >= 0.3 is 0 Å². The lowest BCUT2D eigenvalue weighted by Gasteiger charge is -2.11. The Hall–Kier alpha value is -1.81.